The smallest absolute Gasteiger partial charge is 0.338 e. The fraction of sp³-hybridized carbons (Fsp3) is 0.273. The van der Waals surface area contributed by atoms with Gasteiger partial charge in [-0.3, -0.25) is 4.79 Å². The molecule has 1 aliphatic heterocycles. The lowest BCUT2D eigenvalue weighted by atomic mass is 10.0. The molecule has 3 rings (SSSR count). The number of carbonyl (C=O) groups excluding carboxylic acids is 2. The summed E-state index contributed by atoms with van der Waals surface area (Å²) in [6.45, 7) is 5.86. The predicted molar refractivity (Wildman–Crippen MR) is 112 cm³/mol. The van der Waals surface area contributed by atoms with Gasteiger partial charge in [0, 0.05) is 19.6 Å². The van der Waals surface area contributed by atoms with Crippen LogP contribution in [0, 0.1) is 0 Å². The number of ether oxygens (including phenoxy) is 1. The third-order valence-corrected chi connectivity index (χ3v) is 6.72. The fourth-order valence-corrected chi connectivity index (χ4v) is 4.67. The van der Waals surface area contributed by atoms with Crippen LogP contribution in [0.15, 0.2) is 66.1 Å². The van der Waals surface area contributed by atoms with Crippen molar-refractivity contribution in [3.8, 4) is 0 Å². The van der Waals surface area contributed by atoms with Crippen LogP contribution in [0.1, 0.15) is 28.4 Å². The number of amides is 1. The van der Waals surface area contributed by atoms with E-state index in [0.717, 1.165) is 11.1 Å². The molecule has 0 fully saturated rings. The van der Waals surface area contributed by atoms with Crippen molar-refractivity contribution in [2.24, 2.45) is 0 Å². The fourth-order valence-electron chi connectivity index (χ4n) is 3.21. The molecule has 1 unspecified atom stereocenters. The maximum atomic E-state index is 13.1. The van der Waals surface area contributed by atoms with Crippen LogP contribution in [0.5, 0.6) is 0 Å². The van der Waals surface area contributed by atoms with Gasteiger partial charge < -0.3 is 10.1 Å². The van der Waals surface area contributed by atoms with E-state index >= 15 is 0 Å². The van der Waals surface area contributed by atoms with Crippen LogP contribution in [0.2, 0.25) is 0 Å². The molecule has 1 N–H and O–H groups in total. The van der Waals surface area contributed by atoms with Crippen molar-refractivity contribution in [3.63, 3.8) is 0 Å². The summed E-state index contributed by atoms with van der Waals surface area (Å²) < 4.78 is 32.8. The molecule has 0 bridgehead atoms. The van der Waals surface area contributed by atoms with Gasteiger partial charge in [0.1, 0.15) is 0 Å². The van der Waals surface area contributed by atoms with E-state index in [4.69, 9.17) is 4.74 Å². The van der Waals surface area contributed by atoms with Crippen LogP contribution < -0.4 is 5.32 Å². The standard InChI is InChI=1S/C22H24N2O5S/c1-3-12-23-21(25)16(2)29-22(26)18-9-6-10-20(14-18)30(27,28)24-13-11-17-7-4-5-8-19(17)15-24/h3-10,14,16H,1,11-13,15H2,2H3,(H,23,25). The number of rotatable bonds is 7. The highest BCUT2D eigenvalue weighted by Crippen LogP contribution is 2.25. The molecule has 1 amide bonds. The van der Waals surface area contributed by atoms with Crippen LogP contribution >= 0.6 is 0 Å². The third kappa shape index (κ3) is 4.77. The van der Waals surface area contributed by atoms with Crippen molar-refractivity contribution in [2.75, 3.05) is 13.1 Å². The first-order valence-electron chi connectivity index (χ1n) is 9.59. The lowest BCUT2D eigenvalue weighted by Gasteiger charge is -2.28. The highest BCUT2D eigenvalue weighted by atomic mass is 32.2. The zero-order valence-corrected chi connectivity index (χ0v) is 17.5. The summed E-state index contributed by atoms with van der Waals surface area (Å²) in [6.07, 6.45) is 1.13. The van der Waals surface area contributed by atoms with Crippen LogP contribution in [0.25, 0.3) is 0 Å². The number of esters is 1. The highest BCUT2D eigenvalue weighted by Gasteiger charge is 2.29. The summed E-state index contributed by atoms with van der Waals surface area (Å²) in [5, 5.41) is 2.54. The van der Waals surface area contributed by atoms with E-state index in [1.165, 1.54) is 41.6 Å². The van der Waals surface area contributed by atoms with Gasteiger partial charge >= 0.3 is 5.97 Å². The van der Waals surface area contributed by atoms with Gasteiger partial charge in [0.15, 0.2) is 6.10 Å². The molecule has 1 atom stereocenters. The zero-order chi connectivity index (χ0) is 21.7. The van der Waals surface area contributed by atoms with E-state index in [-0.39, 0.29) is 23.5 Å². The first kappa shape index (κ1) is 21.7. The minimum atomic E-state index is -3.78. The Bertz CT molecular complexity index is 1060. The normalized spacial score (nSPS) is 15.0. The summed E-state index contributed by atoms with van der Waals surface area (Å²) >= 11 is 0. The van der Waals surface area contributed by atoms with Crippen molar-refractivity contribution >= 4 is 21.9 Å². The molecule has 0 aliphatic carbocycles. The average molecular weight is 429 g/mol. The molecule has 0 saturated carbocycles. The van der Waals surface area contributed by atoms with Gasteiger partial charge in [-0.2, -0.15) is 4.31 Å². The van der Waals surface area contributed by atoms with Crippen molar-refractivity contribution in [1.82, 2.24) is 9.62 Å². The Morgan fingerprint density at radius 3 is 2.67 bits per heavy atom. The van der Waals surface area contributed by atoms with Crippen molar-refractivity contribution in [2.45, 2.75) is 30.9 Å². The second-order valence-corrected chi connectivity index (χ2v) is 8.90. The Balaban J connectivity index is 1.75. The van der Waals surface area contributed by atoms with Crippen molar-refractivity contribution < 1.29 is 22.7 Å². The largest absolute Gasteiger partial charge is 0.449 e. The topological polar surface area (TPSA) is 92.8 Å². The molecule has 0 saturated heterocycles. The first-order chi connectivity index (χ1) is 14.3. The minimum Gasteiger partial charge on any atom is -0.449 e. The number of carbonyl (C=O) groups is 2. The summed E-state index contributed by atoms with van der Waals surface area (Å²) in [4.78, 5) is 24.3. The molecule has 1 heterocycles. The van der Waals surface area contributed by atoms with Gasteiger partial charge in [0.2, 0.25) is 10.0 Å². The number of hydrogen-bond acceptors (Lipinski definition) is 5. The Hall–Kier alpha value is -2.97. The summed E-state index contributed by atoms with van der Waals surface area (Å²) in [7, 11) is -3.78. The monoisotopic (exact) mass is 428 g/mol. The Kier molecular flexibility index (Phi) is 6.69. The SMILES string of the molecule is C=CCNC(=O)C(C)OC(=O)c1cccc(S(=O)(=O)N2CCc3ccccc3C2)c1. The van der Waals surface area contributed by atoms with Crippen LogP contribution in [0.3, 0.4) is 0 Å². The second-order valence-electron chi connectivity index (χ2n) is 6.97. The van der Waals surface area contributed by atoms with Gasteiger partial charge in [-0.1, -0.05) is 36.4 Å². The molecule has 158 valence electrons. The minimum absolute atomic E-state index is 0.0140. The maximum absolute atomic E-state index is 13.1. The summed E-state index contributed by atoms with van der Waals surface area (Å²) in [5.41, 5.74) is 2.18. The molecular formula is C22H24N2O5S. The molecular weight excluding hydrogens is 404 g/mol. The Labute approximate surface area is 176 Å². The zero-order valence-electron chi connectivity index (χ0n) is 16.7. The van der Waals surface area contributed by atoms with E-state index in [9.17, 15) is 18.0 Å². The van der Waals surface area contributed by atoms with E-state index in [0.29, 0.717) is 13.0 Å². The van der Waals surface area contributed by atoms with E-state index in [2.05, 4.69) is 11.9 Å². The second kappa shape index (κ2) is 9.23. The lowest BCUT2D eigenvalue weighted by Crippen LogP contribution is -2.36. The number of fused-ring (bicyclic) bond motifs is 1. The number of nitrogens with zero attached hydrogens (tertiary/aromatic N) is 1. The molecule has 2 aromatic rings. The number of nitrogens with one attached hydrogen (secondary N) is 1. The molecule has 0 radical (unpaired) electrons. The summed E-state index contributed by atoms with van der Waals surface area (Å²) in [5.74, 6) is -1.23. The quantitative estimate of drug-likeness (QED) is 0.540. The number of sulfonamides is 1. The van der Waals surface area contributed by atoms with Gasteiger partial charge in [-0.25, -0.2) is 13.2 Å². The van der Waals surface area contributed by atoms with Crippen LogP contribution in [-0.4, -0.2) is 43.8 Å². The van der Waals surface area contributed by atoms with Crippen molar-refractivity contribution in [3.05, 3.63) is 77.9 Å². The summed E-state index contributed by atoms with van der Waals surface area (Å²) in [6, 6.07) is 13.4. The molecule has 0 aromatic heterocycles. The Morgan fingerprint density at radius 1 is 1.20 bits per heavy atom. The van der Waals surface area contributed by atoms with Crippen LogP contribution in [0.4, 0.5) is 0 Å². The molecule has 1 aliphatic rings. The van der Waals surface area contributed by atoms with E-state index in [1.807, 2.05) is 24.3 Å². The number of hydrogen-bond donors (Lipinski definition) is 1. The lowest BCUT2D eigenvalue weighted by molar-refractivity contribution is -0.128. The van der Waals surface area contributed by atoms with E-state index < -0.39 is 28.0 Å². The first-order valence-corrected chi connectivity index (χ1v) is 11.0. The van der Waals surface area contributed by atoms with Gasteiger partial charge in [0.25, 0.3) is 5.91 Å². The number of benzene rings is 2. The molecule has 30 heavy (non-hydrogen) atoms. The van der Waals surface area contributed by atoms with Gasteiger partial charge in [-0.15, -0.1) is 6.58 Å². The van der Waals surface area contributed by atoms with Gasteiger partial charge in [-0.05, 0) is 42.7 Å². The third-order valence-electron chi connectivity index (χ3n) is 4.88. The van der Waals surface area contributed by atoms with Gasteiger partial charge in [0.05, 0.1) is 10.5 Å². The maximum Gasteiger partial charge on any atom is 0.338 e. The van der Waals surface area contributed by atoms with Crippen molar-refractivity contribution in [1.29, 1.82) is 0 Å². The molecule has 8 heteroatoms. The van der Waals surface area contributed by atoms with Crippen LogP contribution in [-0.2, 0) is 32.5 Å². The highest BCUT2D eigenvalue weighted by molar-refractivity contribution is 7.89. The molecule has 7 nitrogen and oxygen atoms in total. The average Bonchev–Trinajstić information content (AvgIpc) is 2.77. The predicted octanol–water partition coefficient (Wildman–Crippen LogP) is 2.28. The molecule has 2 aromatic carbocycles. The van der Waals surface area contributed by atoms with E-state index in [1.54, 1.807) is 0 Å². The molecule has 0 spiro atoms. The Morgan fingerprint density at radius 2 is 1.93 bits per heavy atom.